The summed E-state index contributed by atoms with van der Waals surface area (Å²) >= 11 is 0. The summed E-state index contributed by atoms with van der Waals surface area (Å²) in [6, 6.07) is 14.1. The maximum atomic E-state index is 12.9. The lowest BCUT2D eigenvalue weighted by molar-refractivity contribution is -0.136. The summed E-state index contributed by atoms with van der Waals surface area (Å²) < 4.78 is 0. The first-order valence-corrected chi connectivity index (χ1v) is 9.88. The third-order valence-corrected chi connectivity index (χ3v) is 5.62. The van der Waals surface area contributed by atoms with Crippen molar-refractivity contribution in [2.45, 2.75) is 19.9 Å². The van der Waals surface area contributed by atoms with Crippen molar-refractivity contribution in [2.24, 2.45) is 5.92 Å². The molecule has 0 spiro atoms. The van der Waals surface area contributed by atoms with E-state index in [-0.39, 0.29) is 17.7 Å². The summed E-state index contributed by atoms with van der Waals surface area (Å²) in [5, 5.41) is 0. The molecule has 2 aliphatic heterocycles. The lowest BCUT2D eigenvalue weighted by Crippen LogP contribution is -2.50. The Labute approximate surface area is 165 Å². The lowest BCUT2D eigenvalue weighted by atomic mass is 10.1. The number of carbonyl (C=O) groups is 2. The van der Waals surface area contributed by atoms with Gasteiger partial charge in [-0.1, -0.05) is 35.9 Å². The van der Waals surface area contributed by atoms with Crippen LogP contribution in [0.15, 0.2) is 48.7 Å². The number of aryl methyl sites for hydroxylation is 1. The molecule has 1 atom stereocenters. The summed E-state index contributed by atoms with van der Waals surface area (Å²) in [6.07, 6.45) is 2.12. The zero-order valence-electron chi connectivity index (χ0n) is 16.3. The average molecular weight is 378 g/mol. The van der Waals surface area contributed by atoms with Gasteiger partial charge in [0.05, 0.1) is 5.92 Å². The van der Waals surface area contributed by atoms with Gasteiger partial charge < -0.3 is 14.7 Å². The predicted octanol–water partition coefficient (Wildman–Crippen LogP) is 2.09. The minimum absolute atomic E-state index is 0.0750. The van der Waals surface area contributed by atoms with Crippen LogP contribution >= 0.6 is 0 Å². The number of amides is 2. The molecule has 2 amide bonds. The molecule has 2 aliphatic rings. The van der Waals surface area contributed by atoms with Crippen LogP contribution in [-0.2, 0) is 16.1 Å². The highest BCUT2D eigenvalue weighted by Gasteiger charge is 2.37. The molecule has 6 heteroatoms. The molecule has 4 rings (SSSR count). The van der Waals surface area contributed by atoms with Crippen LogP contribution in [-0.4, -0.2) is 59.3 Å². The van der Waals surface area contributed by atoms with Crippen molar-refractivity contribution >= 4 is 17.6 Å². The fourth-order valence-corrected chi connectivity index (χ4v) is 3.96. The zero-order chi connectivity index (χ0) is 19.5. The summed E-state index contributed by atoms with van der Waals surface area (Å²) in [7, 11) is 0. The van der Waals surface area contributed by atoms with Gasteiger partial charge in [0, 0.05) is 51.9 Å². The Morgan fingerprint density at radius 2 is 1.82 bits per heavy atom. The number of anilines is 1. The van der Waals surface area contributed by atoms with Gasteiger partial charge in [-0.15, -0.1) is 0 Å². The molecule has 6 nitrogen and oxygen atoms in total. The molecular weight excluding hydrogens is 352 g/mol. The van der Waals surface area contributed by atoms with Crippen LogP contribution in [0, 0.1) is 12.8 Å². The van der Waals surface area contributed by atoms with Crippen LogP contribution in [0.4, 0.5) is 5.82 Å². The Morgan fingerprint density at radius 3 is 2.50 bits per heavy atom. The van der Waals surface area contributed by atoms with E-state index in [9.17, 15) is 9.59 Å². The first-order chi connectivity index (χ1) is 13.6. The van der Waals surface area contributed by atoms with E-state index in [1.165, 1.54) is 5.56 Å². The van der Waals surface area contributed by atoms with E-state index < -0.39 is 0 Å². The average Bonchev–Trinajstić information content (AvgIpc) is 3.10. The number of aromatic nitrogens is 1. The zero-order valence-corrected chi connectivity index (χ0v) is 16.3. The topological polar surface area (TPSA) is 56.8 Å². The Balaban J connectivity index is 1.32. The molecule has 0 N–H and O–H groups in total. The smallest absolute Gasteiger partial charge is 0.228 e. The molecule has 28 heavy (non-hydrogen) atoms. The van der Waals surface area contributed by atoms with E-state index in [2.05, 4.69) is 34.1 Å². The first-order valence-electron chi connectivity index (χ1n) is 9.88. The normalized spacial score (nSPS) is 20.0. The van der Waals surface area contributed by atoms with Gasteiger partial charge in [-0.05, 0) is 24.6 Å². The van der Waals surface area contributed by atoms with E-state index in [4.69, 9.17) is 0 Å². The molecule has 0 aliphatic carbocycles. The molecule has 1 unspecified atom stereocenters. The second-order valence-electron chi connectivity index (χ2n) is 7.66. The number of rotatable bonds is 4. The van der Waals surface area contributed by atoms with Crippen molar-refractivity contribution in [3.05, 3.63) is 59.8 Å². The van der Waals surface area contributed by atoms with Crippen LogP contribution in [0.2, 0.25) is 0 Å². The highest BCUT2D eigenvalue weighted by atomic mass is 16.2. The van der Waals surface area contributed by atoms with Crippen LogP contribution in [0.5, 0.6) is 0 Å². The Morgan fingerprint density at radius 1 is 1.07 bits per heavy atom. The Hall–Kier alpha value is -2.89. The van der Waals surface area contributed by atoms with Gasteiger partial charge in [-0.3, -0.25) is 9.59 Å². The molecule has 2 fully saturated rings. The van der Waals surface area contributed by atoms with Gasteiger partial charge in [0.15, 0.2) is 0 Å². The quantitative estimate of drug-likeness (QED) is 0.818. The number of hydrogen-bond donors (Lipinski definition) is 0. The van der Waals surface area contributed by atoms with Crippen LogP contribution < -0.4 is 4.90 Å². The summed E-state index contributed by atoms with van der Waals surface area (Å²) in [4.78, 5) is 35.7. The SMILES string of the molecule is Cc1ccc(CN2CC(C(=O)N3CCN(c4ccccn4)CC3)CC2=O)cc1. The summed E-state index contributed by atoms with van der Waals surface area (Å²) in [5.41, 5.74) is 2.31. The van der Waals surface area contributed by atoms with Gasteiger partial charge >= 0.3 is 0 Å². The number of likely N-dealkylation sites (tertiary alicyclic amines) is 1. The van der Waals surface area contributed by atoms with Gasteiger partial charge in [0.25, 0.3) is 0 Å². The number of nitrogens with zero attached hydrogens (tertiary/aromatic N) is 4. The van der Waals surface area contributed by atoms with Gasteiger partial charge in [0.1, 0.15) is 5.82 Å². The molecule has 1 aromatic carbocycles. The van der Waals surface area contributed by atoms with Crippen LogP contribution in [0.3, 0.4) is 0 Å². The minimum Gasteiger partial charge on any atom is -0.353 e. The molecule has 1 aromatic heterocycles. The van der Waals surface area contributed by atoms with E-state index in [0.29, 0.717) is 32.6 Å². The molecule has 146 valence electrons. The number of piperazine rings is 1. The molecule has 0 bridgehead atoms. The number of carbonyl (C=O) groups excluding carboxylic acids is 2. The maximum Gasteiger partial charge on any atom is 0.228 e. The van der Waals surface area contributed by atoms with Crippen LogP contribution in [0.1, 0.15) is 17.5 Å². The number of benzene rings is 1. The minimum atomic E-state index is -0.223. The van der Waals surface area contributed by atoms with Crippen molar-refractivity contribution in [2.75, 3.05) is 37.6 Å². The second-order valence-corrected chi connectivity index (χ2v) is 7.66. The molecule has 0 radical (unpaired) electrons. The highest BCUT2D eigenvalue weighted by molar-refractivity contribution is 5.89. The maximum absolute atomic E-state index is 12.9. The van der Waals surface area contributed by atoms with E-state index in [1.54, 1.807) is 6.20 Å². The fraction of sp³-hybridized carbons (Fsp3) is 0.409. The van der Waals surface area contributed by atoms with E-state index in [1.807, 2.05) is 34.9 Å². The third-order valence-electron chi connectivity index (χ3n) is 5.62. The van der Waals surface area contributed by atoms with Crippen molar-refractivity contribution in [1.82, 2.24) is 14.8 Å². The van der Waals surface area contributed by atoms with Gasteiger partial charge in [-0.25, -0.2) is 4.98 Å². The van der Waals surface area contributed by atoms with Crippen molar-refractivity contribution in [3.63, 3.8) is 0 Å². The van der Waals surface area contributed by atoms with Crippen molar-refractivity contribution < 1.29 is 9.59 Å². The fourth-order valence-electron chi connectivity index (χ4n) is 3.96. The van der Waals surface area contributed by atoms with Crippen molar-refractivity contribution in [1.29, 1.82) is 0 Å². The molecule has 2 saturated heterocycles. The number of pyridine rings is 1. The summed E-state index contributed by atoms with van der Waals surface area (Å²) in [5.74, 6) is 0.917. The third kappa shape index (κ3) is 4.01. The number of hydrogen-bond acceptors (Lipinski definition) is 4. The largest absolute Gasteiger partial charge is 0.353 e. The van der Waals surface area contributed by atoms with Crippen molar-refractivity contribution in [3.8, 4) is 0 Å². The standard InChI is InChI=1S/C22H26N4O2/c1-17-5-7-18(8-6-17)15-26-16-19(14-21(26)27)22(28)25-12-10-24(11-13-25)20-4-2-3-9-23-20/h2-9,19H,10-16H2,1H3. The second kappa shape index (κ2) is 8.00. The monoisotopic (exact) mass is 378 g/mol. The summed E-state index contributed by atoms with van der Waals surface area (Å²) in [6.45, 7) is 6.05. The molecule has 0 saturated carbocycles. The molecule has 2 aromatic rings. The van der Waals surface area contributed by atoms with Gasteiger partial charge in [0.2, 0.25) is 11.8 Å². The molecular formula is C22H26N4O2. The Kier molecular flexibility index (Phi) is 5.28. The predicted molar refractivity (Wildman–Crippen MR) is 108 cm³/mol. The van der Waals surface area contributed by atoms with E-state index >= 15 is 0 Å². The Bertz CT molecular complexity index is 829. The highest BCUT2D eigenvalue weighted by Crippen LogP contribution is 2.23. The molecule has 3 heterocycles. The first kappa shape index (κ1) is 18.5. The van der Waals surface area contributed by atoms with Crippen LogP contribution in [0.25, 0.3) is 0 Å². The van der Waals surface area contributed by atoms with Gasteiger partial charge in [-0.2, -0.15) is 0 Å². The lowest BCUT2D eigenvalue weighted by Gasteiger charge is -2.36. The van der Waals surface area contributed by atoms with E-state index in [0.717, 1.165) is 24.5 Å².